The van der Waals surface area contributed by atoms with E-state index in [-0.39, 0.29) is 6.42 Å². The first kappa shape index (κ1) is 30.6. The SMILES string of the molecule is CSCCC(NC(=O)C(N)CCCCN)C(=O)NC(CC(N)=O)C(=O)NC(C(=O)O)C(C)C. The van der Waals surface area contributed by atoms with Crippen molar-refractivity contribution in [2.45, 2.75) is 70.1 Å². The molecule has 12 nitrogen and oxygen atoms in total. The summed E-state index contributed by atoms with van der Waals surface area (Å²) >= 11 is 1.46. The van der Waals surface area contributed by atoms with Gasteiger partial charge in [-0.05, 0) is 43.7 Å². The van der Waals surface area contributed by atoms with Crippen LogP contribution in [-0.4, -0.2) is 77.4 Å². The summed E-state index contributed by atoms with van der Waals surface area (Å²) in [4.78, 5) is 60.8. The van der Waals surface area contributed by atoms with Gasteiger partial charge < -0.3 is 38.3 Å². The van der Waals surface area contributed by atoms with Crippen molar-refractivity contribution < 1.29 is 29.1 Å². The molecule has 0 bridgehead atoms. The van der Waals surface area contributed by atoms with E-state index >= 15 is 0 Å². The van der Waals surface area contributed by atoms with Gasteiger partial charge in [0.15, 0.2) is 0 Å². The first-order valence-electron chi connectivity index (χ1n) is 10.8. The first-order valence-corrected chi connectivity index (χ1v) is 12.2. The van der Waals surface area contributed by atoms with Gasteiger partial charge in [0.2, 0.25) is 23.6 Å². The molecule has 10 N–H and O–H groups in total. The number of thioether (sulfide) groups is 1. The predicted octanol–water partition coefficient (Wildman–Crippen LogP) is -1.73. The maximum atomic E-state index is 12.9. The minimum absolute atomic E-state index is 0.253. The largest absolute Gasteiger partial charge is 0.480 e. The van der Waals surface area contributed by atoms with Gasteiger partial charge in [0.25, 0.3) is 0 Å². The number of carboxylic acids is 1. The minimum atomic E-state index is -1.40. The van der Waals surface area contributed by atoms with E-state index in [0.29, 0.717) is 25.1 Å². The molecule has 190 valence electrons. The number of aliphatic carboxylic acids is 1. The predicted molar refractivity (Wildman–Crippen MR) is 126 cm³/mol. The lowest BCUT2D eigenvalue weighted by atomic mass is 10.0. The third kappa shape index (κ3) is 12.4. The van der Waals surface area contributed by atoms with E-state index in [0.717, 1.165) is 6.42 Å². The molecule has 33 heavy (non-hydrogen) atoms. The van der Waals surface area contributed by atoms with Crippen LogP contribution in [-0.2, 0) is 24.0 Å². The molecule has 0 saturated heterocycles. The number of hydrogen-bond acceptors (Lipinski definition) is 8. The van der Waals surface area contributed by atoms with Crippen molar-refractivity contribution in [1.82, 2.24) is 16.0 Å². The zero-order chi connectivity index (χ0) is 25.6. The van der Waals surface area contributed by atoms with Crippen molar-refractivity contribution in [3.05, 3.63) is 0 Å². The Balaban J connectivity index is 5.39. The Bertz CT molecular complexity index is 677. The summed E-state index contributed by atoms with van der Waals surface area (Å²) in [6, 6.07) is -4.45. The highest BCUT2D eigenvalue weighted by Crippen LogP contribution is 2.07. The van der Waals surface area contributed by atoms with Gasteiger partial charge in [-0.15, -0.1) is 0 Å². The summed E-state index contributed by atoms with van der Waals surface area (Å²) in [5.74, 6) is -4.11. The molecular formula is C20H38N6O6S. The average molecular weight is 491 g/mol. The number of rotatable bonds is 17. The number of nitrogens with two attached hydrogens (primary N) is 3. The molecule has 0 rings (SSSR count). The van der Waals surface area contributed by atoms with E-state index < -0.39 is 66.1 Å². The van der Waals surface area contributed by atoms with Crippen LogP contribution in [0.15, 0.2) is 0 Å². The normalized spacial score (nSPS) is 14.6. The first-order chi connectivity index (χ1) is 15.4. The molecule has 0 aliphatic carbocycles. The number of carboxylic acid groups (broad SMARTS) is 1. The van der Waals surface area contributed by atoms with Crippen LogP contribution in [0.5, 0.6) is 0 Å². The van der Waals surface area contributed by atoms with Crippen LogP contribution in [0, 0.1) is 5.92 Å². The summed E-state index contributed by atoms with van der Waals surface area (Å²) in [6.45, 7) is 3.69. The van der Waals surface area contributed by atoms with Crippen LogP contribution in [0.1, 0.15) is 46.0 Å². The quantitative estimate of drug-likeness (QED) is 0.115. The Hall–Kier alpha value is -2.38. The Morgan fingerprint density at radius 3 is 1.97 bits per heavy atom. The van der Waals surface area contributed by atoms with Crippen molar-refractivity contribution in [1.29, 1.82) is 0 Å². The lowest BCUT2D eigenvalue weighted by molar-refractivity contribution is -0.143. The van der Waals surface area contributed by atoms with Gasteiger partial charge in [0, 0.05) is 0 Å². The van der Waals surface area contributed by atoms with Gasteiger partial charge in [-0.2, -0.15) is 11.8 Å². The zero-order valence-electron chi connectivity index (χ0n) is 19.5. The summed E-state index contributed by atoms with van der Waals surface area (Å²) < 4.78 is 0. The Morgan fingerprint density at radius 2 is 1.48 bits per heavy atom. The fraction of sp³-hybridized carbons (Fsp3) is 0.750. The highest BCUT2D eigenvalue weighted by Gasteiger charge is 2.32. The molecule has 0 spiro atoms. The van der Waals surface area contributed by atoms with Crippen LogP contribution in [0.2, 0.25) is 0 Å². The summed E-state index contributed by atoms with van der Waals surface area (Å²) in [6.07, 6.45) is 3.32. The Labute approximate surface area is 198 Å². The fourth-order valence-corrected chi connectivity index (χ4v) is 3.34. The molecule has 0 heterocycles. The van der Waals surface area contributed by atoms with Crippen molar-refractivity contribution in [3.63, 3.8) is 0 Å². The molecule has 4 amide bonds. The van der Waals surface area contributed by atoms with Crippen molar-refractivity contribution >= 4 is 41.4 Å². The summed E-state index contributed by atoms with van der Waals surface area (Å²) in [5, 5.41) is 16.6. The molecule has 0 radical (unpaired) electrons. The third-order valence-corrected chi connectivity index (χ3v) is 5.46. The molecular weight excluding hydrogens is 452 g/mol. The van der Waals surface area contributed by atoms with Crippen molar-refractivity contribution in [2.24, 2.45) is 23.1 Å². The number of primary amides is 1. The number of amides is 4. The van der Waals surface area contributed by atoms with Crippen LogP contribution >= 0.6 is 11.8 Å². The second-order valence-corrected chi connectivity index (χ2v) is 9.02. The van der Waals surface area contributed by atoms with Crippen LogP contribution in [0.4, 0.5) is 0 Å². The standard InChI is InChI=1S/C20H38N6O6S/c1-11(2)16(20(31)32)26-19(30)14(10-15(23)27)25-18(29)13(7-9-33-3)24-17(28)12(22)6-4-5-8-21/h11-14,16H,4-10,21-22H2,1-3H3,(H2,23,27)(H,24,28)(H,25,29)(H,26,30)(H,31,32). The van der Waals surface area contributed by atoms with E-state index in [4.69, 9.17) is 17.2 Å². The Morgan fingerprint density at radius 1 is 0.909 bits per heavy atom. The maximum absolute atomic E-state index is 12.9. The van der Waals surface area contributed by atoms with E-state index in [2.05, 4.69) is 16.0 Å². The molecule has 0 aliphatic rings. The van der Waals surface area contributed by atoms with Crippen LogP contribution in [0.25, 0.3) is 0 Å². The van der Waals surface area contributed by atoms with Crippen LogP contribution < -0.4 is 33.2 Å². The lowest BCUT2D eigenvalue weighted by Gasteiger charge is -2.25. The van der Waals surface area contributed by atoms with Gasteiger partial charge in [-0.3, -0.25) is 19.2 Å². The van der Waals surface area contributed by atoms with E-state index in [1.165, 1.54) is 11.8 Å². The maximum Gasteiger partial charge on any atom is 0.326 e. The molecule has 0 saturated carbocycles. The zero-order valence-corrected chi connectivity index (χ0v) is 20.3. The fourth-order valence-electron chi connectivity index (χ4n) is 2.87. The number of unbranched alkanes of at least 4 members (excludes halogenated alkanes) is 1. The number of nitrogens with one attached hydrogen (secondary N) is 3. The third-order valence-electron chi connectivity index (χ3n) is 4.82. The van der Waals surface area contributed by atoms with Crippen molar-refractivity contribution in [3.8, 4) is 0 Å². The van der Waals surface area contributed by atoms with Gasteiger partial charge in [0.05, 0.1) is 12.5 Å². The van der Waals surface area contributed by atoms with E-state index in [1.54, 1.807) is 13.8 Å². The highest BCUT2D eigenvalue weighted by atomic mass is 32.2. The van der Waals surface area contributed by atoms with E-state index in [1.807, 2.05) is 6.26 Å². The van der Waals surface area contributed by atoms with Gasteiger partial charge in [-0.1, -0.05) is 20.3 Å². The molecule has 0 aliphatic heterocycles. The number of carbonyl (C=O) groups is 5. The molecule has 0 fully saturated rings. The van der Waals surface area contributed by atoms with Gasteiger partial charge in [-0.25, -0.2) is 4.79 Å². The molecule has 13 heteroatoms. The molecule has 0 aromatic heterocycles. The number of hydrogen-bond donors (Lipinski definition) is 7. The topological polar surface area (TPSA) is 220 Å². The minimum Gasteiger partial charge on any atom is -0.480 e. The molecule has 4 atom stereocenters. The van der Waals surface area contributed by atoms with Crippen molar-refractivity contribution in [2.75, 3.05) is 18.6 Å². The van der Waals surface area contributed by atoms with Gasteiger partial charge in [0.1, 0.15) is 18.1 Å². The van der Waals surface area contributed by atoms with E-state index in [9.17, 15) is 29.1 Å². The van der Waals surface area contributed by atoms with Gasteiger partial charge >= 0.3 is 5.97 Å². The smallest absolute Gasteiger partial charge is 0.326 e. The second kappa shape index (κ2) is 16.3. The molecule has 0 aromatic rings. The number of carbonyl (C=O) groups excluding carboxylic acids is 4. The summed E-state index contributed by atoms with van der Waals surface area (Å²) in [7, 11) is 0. The lowest BCUT2D eigenvalue weighted by Crippen LogP contribution is -2.58. The molecule has 4 unspecified atom stereocenters. The average Bonchev–Trinajstić information content (AvgIpc) is 2.73. The second-order valence-electron chi connectivity index (χ2n) is 8.03. The Kier molecular flexibility index (Phi) is 15.1. The monoisotopic (exact) mass is 490 g/mol. The summed E-state index contributed by atoms with van der Waals surface area (Å²) in [5.41, 5.74) is 16.5. The van der Waals surface area contributed by atoms with Crippen LogP contribution in [0.3, 0.4) is 0 Å². The molecule has 0 aromatic carbocycles. The highest BCUT2D eigenvalue weighted by molar-refractivity contribution is 7.98.